The summed E-state index contributed by atoms with van der Waals surface area (Å²) in [7, 11) is 0. The lowest BCUT2D eigenvalue weighted by Crippen LogP contribution is -2.70. The molecule has 0 bridgehead atoms. The molecule has 1 heterocycles. The fraction of sp³-hybridized carbons (Fsp3) is 0.804. The van der Waals surface area contributed by atoms with Crippen LogP contribution in [0.15, 0.2) is 30.3 Å². The minimum absolute atomic E-state index is 0.0167. The second-order valence-corrected chi connectivity index (χ2v) is 16.7. The lowest BCUT2D eigenvalue weighted by atomic mass is 9.94. The number of rotatable bonds is 32. The van der Waals surface area contributed by atoms with Gasteiger partial charge in [0.2, 0.25) is 11.8 Å². The highest BCUT2D eigenvalue weighted by Gasteiger charge is 2.48. The lowest BCUT2D eigenvalue weighted by molar-refractivity contribution is -0.231. The second kappa shape index (κ2) is 31.2. The summed E-state index contributed by atoms with van der Waals surface area (Å²) in [5, 5.41) is 38.1. The molecule has 328 valence electrons. The van der Waals surface area contributed by atoms with Gasteiger partial charge in [-0.1, -0.05) is 180 Å². The number of alkyl carbamates (subject to hydrolysis) is 1. The molecule has 57 heavy (non-hydrogen) atoms. The summed E-state index contributed by atoms with van der Waals surface area (Å²) in [6.07, 6.45) is 18.6. The van der Waals surface area contributed by atoms with Crippen LogP contribution in [0, 0.1) is 5.92 Å². The molecule has 1 aromatic carbocycles. The van der Waals surface area contributed by atoms with E-state index in [0.717, 1.165) is 44.1 Å². The van der Waals surface area contributed by atoms with Gasteiger partial charge in [-0.05, 0) is 30.7 Å². The highest BCUT2D eigenvalue weighted by Crippen LogP contribution is 2.26. The van der Waals surface area contributed by atoms with Crippen molar-refractivity contribution >= 4 is 17.9 Å². The van der Waals surface area contributed by atoms with Crippen LogP contribution in [-0.4, -0.2) is 87.9 Å². The molecule has 0 aromatic heterocycles. The van der Waals surface area contributed by atoms with Crippen molar-refractivity contribution in [2.75, 3.05) is 13.2 Å². The Balaban J connectivity index is 2.14. The Bertz CT molecular complexity index is 1190. The number of amides is 3. The van der Waals surface area contributed by atoms with Gasteiger partial charge in [-0.2, -0.15) is 0 Å². The van der Waals surface area contributed by atoms with E-state index in [-0.39, 0.29) is 24.9 Å². The van der Waals surface area contributed by atoms with Gasteiger partial charge in [0.05, 0.1) is 6.61 Å². The maximum atomic E-state index is 14.1. The molecule has 0 aliphatic carbocycles. The number of nitrogens with zero attached hydrogens (tertiary/aromatic N) is 1. The van der Waals surface area contributed by atoms with Crippen LogP contribution in [0.3, 0.4) is 0 Å². The van der Waals surface area contributed by atoms with Crippen LogP contribution < -0.4 is 10.6 Å². The molecular formula is C46H81N3O8. The smallest absolute Gasteiger partial charge is 0.408 e. The zero-order chi connectivity index (χ0) is 41.7. The Morgan fingerprint density at radius 1 is 0.737 bits per heavy atom. The predicted octanol–water partition coefficient (Wildman–Crippen LogP) is 8.70. The molecule has 0 unspecified atom stereocenters. The number of ether oxygens (including phenoxy) is 2. The number of aliphatic hydroxyl groups excluding tert-OH is 3. The van der Waals surface area contributed by atoms with Crippen LogP contribution >= 0.6 is 0 Å². The van der Waals surface area contributed by atoms with Crippen molar-refractivity contribution in [2.24, 2.45) is 5.92 Å². The molecule has 0 saturated carbocycles. The molecule has 11 nitrogen and oxygen atoms in total. The average molecular weight is 804 g/mol. The quantitative estimate of drug-likeness (QED) is 0.0453. The first-order valence-corrected chi connectivity index (χ1v) is 22.8. The van der Waals surface area contributed by atoms with Crippen molar-refractivity contribution in [3.05, 3.63) is 35.9 Å². The monoisotopic (exact) mass is 804 g/mol. The summed E-state index contributed by atoms with van der Waals surface area (Å²) >= 11 is 0. The van der Waals surface area contributed by atoms with E-state index in [1.807, 2.05) is 44.2 Å². The third-order valence-electron chi connectivity index (χ3n) is 11.1. The summed E-state index contributed by atoms with van der Waals surface area (Å²) in [5.41, 5.74) is 0.801. The minimum Gasteiger partial charge on any atom is -0.445 e. The summed E-state index contributed by atoms with van der Waals surface area (Å²) in [6.45, 7) is 8.12. The van der Waals surface area contributed by atoms with E-state index in [9.17, 15) is 29.7 Å². The van der Waals surface area contributed by atoms with Crippen LogP contribution in [-0.2, 0) is 25.7 Å². The number of unbranched alkanes of at least 4 members (excludes halogenated alkanes) is 19. The van der Waals surface area contributed by atoms with Crippen LogP contribution in [0.4, 0.5) is 4.79 Å². The molecular weight excluding hydrogens is 723 g/mol. The standard InChI is InChI=1S/C46H81N3O8/c1-5-7-9-11-13-15-16-17-19-21-23-28-32-49(40(51)31-27-22-20-18-14-12-10-8-6-2)45-41(43(53)42(52)39(34-50)57-45)48-44(54)38(33-36(3)4)47-46(55)56-35-37-29-25-24-26-30-37/h24-26,29-30,36,38-39,41-43,45,50,52-53H,5-23,27-28,31-35H2,1-4H3,(H,47,55)(H,48,54)/t38-,39+,41+,42+,43+,45+/m0/s1. The summed E-state index contributed by atoms with van der Waals surface area (Å²) in [6, 6.07) is 7.00. The summed E-state index contributed by atoms with van der Waals surface area (Å²) < 4.78 is 11.6. The van der Waals surface area contributed by atoms with Gasteiger partial charge in [0, 0.05) is 13.0 Å². The first kappa shape index (κ1) is 50.4. The van der Waals surface area contributed by atoms with Crippen LogP contribution in [0.5, 0.6) is 0 Å². The maximum absolute atomic E-state index is 14.1. The zero-order valence-corrected chi connectivity index (χ0v) is 36.1. The first-order chi connectivity index (χ1) is 27.6. The van der Waals surface area contributed by atoms with E-state index in [1.54, 1.807) is 4.90 Å². The molecule has 0 spiro atoms. The second-order valence-electron chi connectivity index (χ2n) is 16.7. The average Bonchev–Trinajstić information content (AvgIpc) is 3.20. The van der Waals surface area contributed by atoms with E-state index >= 15 is 0 Å². The van der Waals surface area contributed by atoms with Crippen molar-refractivity contribution in [1.82, 2.24) is 15.5 Å². The van der Waals surface area contributed by atoms with Gasteiger partial charge >= 0.3 is 6.09 Å². The van der Waals surface area contributed by atoms with Gasteiger partial charge in [-0.25, -0.2) is 4.79 Å². The Morgan fingerprint density at radius 2 is 1.25 bits per heavy atom. The summed E-state index contributed by atoms with van der Waals surface area (Å²) in [4.78, 5) is 42.5. The molecule has 1 aliphatic rings. The van der Waals surface area contributed by atoms with E-state index in [4.69, 9.17) is 9.47 Å². The number of nitrogens with one attached hydrogen (secondary N) is 2. The van der Waals surface area contributed by atoms with Gasteiger partial charge in [-0.3, -0.25) is 9.59 Å². The predicted molar refractivity (Wildman–Crippen MR) is 227 cm³/mol. The molecule has 1 saturated heterocycles. The van der Waals surface area contributed by atoms with Crippen LogP contribution in [0.25, 0.3) is 0 Å². The molecule has 11 heteroatoms. The minimum atomic E-state index is -1.54. The first-order valence-electron chi connectivity index (χ1n) is 22.8. The van der Waals surface area contributed by atoms with Crippen molar-refractivity contribution < 1.29 is 39.2 Å². The SMILES string of the molecule is CCCCCCCCCCCCCCN(C(=O)CCCCCCCCCCC)[C@@H]1O[C@H](CO)[C@@H](O)[C@H](O)[C@H]1NC(=O)[C@H](CC(C)C)NC(=O)OCc1ccccc1. The third kappa shape index (κ3) is 21.2. The molecule has 2 rings (SSSR count). The summed E-state index contributed by atoms with van der Waals surface area (Å²) in [5.74, 6) is -0.723. The van der Waals surface area contributed by atoms with E-state index in [2.05, 4.69) is 24.5 Å². The number of hydrogen-bond acceptors (Lipinski definition) is 8. The Morgan fingerprint density at radius 3 is 1.75 bits per heavy atom. The van der Waals surface area contributed by atoms with Crippen molar-refractivity contribution in [3.63, 3.8) is 0 Å². The van der Waals surface area contributed by atoms with Gasteiger partial charge in [-0.15, -0.1) is 0 Å². The van der Waals surface area contributed by atoms with E-state index in [1.165, 1.54) is 83.5 Å². The Labute approximate surface area is 345 Å². The molecule has 1 fully saturated rings. The van der Waals surface area contributed by atoms with E-state index in [0.29, 0.717) is 25.8 Å². The molecule has 1 aromatic rings. The highest BCUT2D eigenvalue weighted by atomic mass is 16.6. The van der Waals surface area contributed by atoms with Crippen molar-refractivity contribution in [3.8, 4) is 0 Å². The number of aliphatic hydroxyl groups is 3. The van der Waals surface area contributed by atoms with E-state index < -0.39 is 55.2 Å². The molecule has 3 amide bonds. The number of hydrogen-bond donors (Lipinski definition) is 5. The fourth-order valence-electron chi connectivity index (χ4n) is 7.64. The van der Waals surface area contributed by atoms with Crippen LogP contribution in [0.1, 0.15) is 181 Å². The number of carbonyl (C=O) groups excluding carboxylic acids is 3. The van der Waals surface area contributed by atoms with Crippen molar-refractivity contribution in [1.29, 1.82) is 0 Å². The molecule has 1 aliphatic heterocycles. The van der Waals surface area contributed by atoms with Gasteiger partial charge in [0.1, 0.15) is 37.0 Å². The largest absolute Gasteiger partial charge is 0.445 e. The van der Waals surface area contributed by atoms with Crippen molar-refractivity contribution in [2.45, 2.75) is 219 Å². The normalized spacial score (nSPS) is 20.0. The molecule has 5 N–H and O–H groups in total. The fourth-order valence-corrected chi connectivity index (χ4v) is 7.64. The maximum Gasteiger partial charge on any atom is 0.408 e. The highest BCUT2D eigenvalue weighted by molar-refractivity contribution is 5.86. The third-order valence-corrected chi connectivity index (χ3v) is 11.1. The Hall–Kier alpha value is -2.73. The molecule has 6 atom stereocenters. The lowest BCUT2D eigenvalue weighted by Gasteiger charge is -2.47. The zero-order valence-electron chi connectivity index (χ0n) is 36.1. The van der Waals surface area contributed by atoms with Crippen LogP contribution in [0.2, 0.25) is 0 Å². The number of carbonyl (C=O) groups is 3. The Kier molecular flexibility index (Phi) is 27.6. The van der Waals surface area contributed by atoms with Gasteiger partial charge in [0.15, 0.2) is 6.23 Å². The number of benzene rings is 1. The van der Waals surface area contributed by atoms with Gasteiger partial charge in [0.25, 0.3) is 0 Å². The van der Waals surface area contributed by atoms with Gasteiger partial charge < -0.3 is 40.3 Å². The molecule has 0 radical (unpaired) electrons. The topological polar surface area (TPSA) is 158 Å².